The first-order valence-electron chi connectivity index (χ1n) is 5.92. The van der Waals surface area contributed by atoms with E-state index in [-0.39, 0.29) is 11.4 Å². The number of hydrogen-bond acceptors (Lipinski definition) is 3. The molecule has 5 heteroatoms. The highest BCUT2D eigenvalue weighted by Crippen LogP contribution is 2.16. The van der Waals surface area contributed by atoms with Crippen molar-refractivity contribution in [3.8, 4) is 0 Å². The number of carbonyl (C=O) groups excluding carboxylic acids is 1. The lowest BCUT2D eigenvalue weighted by atomic mass is 10.1. The summed E-state index contributed by atoms with van der Waals surface area (Å²) in [6.07, 6.45) is 2.16. The summed E-state index contributed by atoms with van der Waals surface area (Å²) in [5, 5.41) is 2.64. The summed E-state index contributed by atoms with van der Waals surface area (Å²) in [6.45, 7) is 2.02. The Hall–Kier alpha value is -2.43. The Kier molecular flexibility index (Phi) is 3.75. The van der Waals surface area contributed by atoms with Gasteiger partial charge in [-0.05, 0) is 30.2 Å². The average molecular weight is 259 g/mol. The highest BCUT2D eigenvalue weighted by Gasteiger charge is 2.14. The summed E-state index contributed by atoms with van der Waals surface area (Å²) in [6, 6.07) is 8.69. The maximum Gasteiger partial charge on any atom is 0.258 e. The van der Waals surface area contributed by atoms with Gasteiger partial charge in [0.15, 0.2) is 11.6 Å². The molecule has 3 N–H and O–H groups in total. The Balaban J connectivity index is 2.23. The van der Waals surface area contributed by atoms with Crippen molar-refractivity contribution in [2.75, 3.05) is 11.1 Å². The van der Waals surface area contributed by atoms with Gasteiger partial charge in [-0.15, -0.1) is 0 Å². The Morgan fingerprint density at radius 2 is 2.21 bits per heavy atom. The number of pyridine rings is 1. The molecule has 4 nitrogen and oxygen atoms in total. The zero-order valence-corrected chi connectivity index (χ0v) is 10.5. The fraction of sp³-hybridized carbons (Fsp3) is 0.143. The third kappa shape index (κ3) is 2.88. The largest absolute Gasteiger partial charge is 0.381 e. The number of nitrogens with zero attached hydrogens (tertiary/aromatic N) is 1. The number of hydrogen-bond donors (Lipinski definition) is 2. The normalized spacial score (nSPS) is 10.2. The Morgan fingerprint density at radius 3 is 2.95 bits per heavy atom. The number of nitrogen functional groups attached to an aromatic ring is 1. The molecular formula is C14H14FN3O. The van der Waals surface area contributed by atoms with Gasteiger partial charge in [0.25, 0.3) is 5.91 Å². The Morgan fingerprint density at radius 1 is 1.42 bits per heavy atom. The second kappa shape index (κ2) is 5.48. The number of halogens is 1. The predicted octanol–water partition coefficient (Wildman–Crippen LogP) is 2.62. The van der Waals surface area contributed by atoms with Crippen molar-refractivity contribution < 1.29 is 9.18 Å². The van der Waals surface area contributed by atoms with Crippen LogP contribution >= 0.6 is 0 Å². The zero-order chi connectivity index (χ0) is 13.8. The van der Waals surface area contributed by atoms with E-state index < -0.39 is 11.7 Å². The third-order valence-corrected chi connectivity index (χ3v) is 2.75. The highest BCUT2D eigenvalue weighted by molar-refractivity contribution is 6.04. The SMILES string of the molecule is CCc1cccc(NC(=O)c2ccnc(N)c2F)c1. The van der Waals surface area contributed by atoms with Crippen molar-refractivity contribution in [2.24, 2.45) is 0 Å². The van der Waals surface area contributed by atoms with Gasteiger partial charge in [-0.25, -0.2) is 9.37 Å². The molecule has 0 bridgehead atoms. The fourth-order valence-corrected chi connectivity index (χ4v) is 1.70. The molecule has 0 atom stereocenters. The van der Waals surface area contributed by atoms with Crippen LogP contribution in [-0.4, -0.2) is 10.9 Å². The lowest BCUT2D eigenvalue weighted by molar-refractivity contribution is 0.102. The minimum absolute atomic E-state index is 0.116. The molecular weight excluding hydrogens is 245 g/mol. The monoisotopic (exact) mass is 259 g/mol. The third-order valence-electron chi connectivity index (χ3n) is 2.75. The number of rotatable bonds is 3. The van der Waals surface area contributed by atoms with Crippen LogP contribution in [0.5, 0.6) is 0 Å². The van der Waals surface area contributed by atoms with Gasteiger partial charge in [-0.1, -0.05) is 19.1 Å². The molecule has 0 aliphatic rings. The molecule has 1 aromatic heterocycles. The van der Waals surface area contributed by atoms with E-state index in [2.05, 4.69) is 10.3 Å². The van der Waals surface area contributed by atoms with Crippen LogP contribution in [0, 0.1) is 5.82 Å². The van der Waals surface area contributed by atoms with Gasteiger partial charge >= 0.3 is 0 Å². The number of nitrogens with one attached hydrogen (secondary N) is 1. The number of amides is 1. The van der Waals surface area contributed by atoms with E-state index in [0.717, 1.165) is 12.0 Å². The van der Waals surface area contributed by atoms with Gasteiger partial charge < -0.3 is 11.1 Å². The highest BCUT2D eigenvalue weighted by atomic mass is 19.1. The minimum atomic E-state index is -0.799. The first-order chi connectivity index (χ1) is 9.11. The van der Waals surface area contributed by atoms with Crippen molar-refractivity contribution >= 4 is 17.4 Å². The number of benzene rings is 1. The topological polar surface area (TPSA) is 68.0 Å². The molecule has 0 spiro atoms. The predicted molar refractivity (Wildman–Crippen MR) is 72.4 cm³/mol. The molecule has 2 rings (SSSR count). The molecule has 0 aliphatic carbocycles. The smallest absolute Gasteiger partial charge is 0.258 e. The second-order valence-electron chi connectivity index (χ2n) is 4.07. The zero-order valence-electron chi connectivity index (χ0n) is 10.5. The van der Waals surface area contributed by atoms with E-state index in [1.54, 1.807) is 6.07 Å². The van der Waals surface area contributed by atoms with Crippen LogP contribution in [0.4, 0.5) is 15.9 Å². The molecule has 1 heterocycles. The van der Waals surface area contributed by atoms with E-state index >= 15 is 0 Å². The van der Waals surface area contributed by atoms with Gasteiger partial charge in [-0.2, -0.15) is 0 Å². The van der Waals surface area contributed by atoms with Crippen molar-refractivity contribution in [3.63, 3.8) is 0 Å². The van der Waals surface area contributed by atoms with Crippen LogP contribution in [0.2, 0.25) is 0 Å². The van der Waals surface area contributed by atoms with Gasteiger partial charge in [0.2, 0.25) is 0 Å². The number of anilines is 2. The van der Waals surface area contributed by atoms with Crippen molar-refractivity contribution in [1.82, 2.24) is 4.98 Å². The molecule has 0 saturated heterocycles. The van der Waals surface area contributed by atoms with Crippen LogP contribution in [0.1, 0.15) is 22.8 Å². The van der Waals surface area contributed by atoms with Crippen molar-refractivity contribution in [1.29, 1.82) is 0 Å². The number of nitrogens with two attached hydrogens (primary N) is 1. The van der Waals surface area contributed by atoms with Gasteiger partial charge in [-0.3, -0.25) is 4.79 Å². The minimum Gasteiger partial charge on any atom is -0.381 e. The summed E-state index contributed by atoms with van der Waals surface area (Å²) >= 11 is 0. The molecule has 2 aromatic rings. The standard InChI is InChI=1S/C14H14FN3O/c1-2-9-4-3-5-10(8-9)18-14(19)11-6-7-17-13(16)12(11)15/h3-8H,2H2,1H3,(H2,16,17)(H,18,19). The summed E-state index contributed by atoms with van der Waals surface area (Å²) in [5.41, 5.74) is 6.93. The van der Waals surface area contributed by atoms with Crippen LogP contribution in [0.15, 0.2) is 36.5 Å². The number of aryl methyl sites for hydroxylation is 1. The summed E-state index contributed by atoms with van der Waals surface area (Å²) in [5.74, 6) is -1.62. The fourth-order valence-electron chi connectivity index (χ4n) is 1.70. The lowest BCUT2D eigenvalue weighted by Crippen LogP contribution is -2.15. The molecule has 0 saturated carbocycles. The maximum absolute atomic E-state index is 13.7. The molecule has 0 aliphatic heterocycles. The first kappa shape index (κ1) is 13.0. The van der Waals surface area contributed by atoms with Crippen LogP contribution in [-0.2, 0) is 6.42 Å². The van der Waals surface area contributed by atoms with Crippen molar-refractivity contribution in [2.45, 2.75) is 13.3 Å². The first-order valence-corrected chi connectivity index (χ1v) is 5.92. The molecule has 1 aromatic carbocycles. The molecule has 0 radical (unpaired) electrons. The Labute approximate surface area is 110 Å². The van der Waals surface area contributed by atoms with Crippen molar-refractivity contribution in [3.05, 3.63) is 53.5 Å². The summed E-state index contributed by atoms with van der Waals surface area (Å²) < 4.78 is 13.7. The number of carbonyl (C=O) groups is 1. The number of aromatic nitrogens is 1. The average Bonchev–Trinajstić information content (AvgIpc) is 2.42. The van der Waals surface area contributed by atoms with Gasteiger partial charge in [0.1, 0.15) is 0 Å². The van der Waals surface area contributed by atoms with E-state index in [4.69, 9.17) is 5.73 Å². The molecule has 0 unspecified atom stereocenters. The van der Waals surface area contributed by atoms with E-state index in [1.165, 1.54) is 12.3 Å². The second-order valence-corrected chi connectivity index (χ2v) is 4.07. The molecule has 98 valence electrons. The lowest BCUT2D eigenvalue weighted by Gasteiger charge is -2.08. The van der Waals surface area contributed by atoms with E-state index in [9.17, 15) is 9.18 Å². The molecule has 1 amide bonds. The summed E-state index contributed by atoms with van der Waals surface area (Å²) in [7, 11) is 0. The van der Waals surface area contributed by atoms with Gasteiger partial charge in [0, 0.05) is 11.9 Å². The molecule has 19 heavy (non-hydrogen) atoms. The quantitative estimate of drug-likeness (QED) is 0.890. The van der Waals surface area contributed by atoms with Crippen LogP contribution < -0.4 is 11.1 Å². The Bertz CT molecular complexity index is 613. The van der Waals surface area contributed by atoms with E-state index in [0.29, 0.717) is 5.69 Å². The van der Waals surface area contributed by atoms with Crippen LogP contribution in [0.3, 0.4) is 0 Å². The maximum atomic E-state index is 13.7. The van der Waals surface area contributed by atoms with Crippen LogP contribution in [0.25, 0.3) is 0 Å². The molecule has 0 fully saturated rings. The summed E-state index contributed by atoms with van der Waals surface area (Å²) in [4.78, 5) is 15.5. The van der Waals surface area contributed by atoms with Gasteiger partial charge in [0.05, 0.1) is 5.56 Å². The van der Waals surface area contributed by atoms with E-state index in [1.807, 2.05) is 25.1 Å².